The number of alkyl halides is 6. The van der Waals surface area contributed by atoms with E-state index < -0.39 is 53.6 Å². The first-order chi connectivity index (χ1) is 15.8. The van der Waals surface area contributed by atoms with Gasteiger partial charge in [0.1, 0.15) is 17.0 Å². The summed E-state index contributed by atoms with van der Waals surface area (Å²) in [6.45, 7) is -0.181. The van der Waals surface area contributed by atoms with Crippen molar-refractivity contribution in [1.29, 1.82) is 0 Å². The van der Waals surface area contributed by atoms with Crippen LogP contribution >= 0.6 is 0 Å². The van der Waals surface area contributed by atoms with E-state index in [4.69, 9.17) is 5.73 Å². The molecule has 184 valence electrons. The van der Waals surface area contributed by atoms with E-state index in [0.29, 0.717) is 12.8 Å². The highest BCUT2D eigenvalue weighted by molar-refractivity contribution is 6.05. The van der Waals surface area contributed by atoms with Gasteiger partial charge in [-0.25, -0.2) is 0 Å². The molecule has 3 N–H and O–H groups in total. The van der Waals surface area contributed by atoms with Crippen molar-refractivity contribution >= 4 is 17.5 Å². The van der Waals surface area contributed by atoms with E-state index >= 15 is 0 Å². The zero-order valence-electron chi connectivity index (χ0n) is 17.4. The van der Waals surface area contributed by atoms with Gasteiger partial charge in [0, 0.05) is 24.3 Å². The van der Waals surface area contributed by atoms with Crippen LogP contribution in [0.1, 0.15) is 63.8 Å². The van der Waals surface area contributed by atoms with Crippen LogP contribution in [-0.2, 0) is 17.5 Å². The minimum atomic E-state index is -4.89. The Balaban J connectivity index is 1.62. The summed E-state index contributed by atoms with van der Waals surface area (Å²) in [5.74, 6) is -2.92. The third kappa shape index (κ3) is 5.32. The molecule has 2 fully saturated rings. The standard InChI is InChI=1S/C20H19F6N5O3/c21-19(22,23)14-15(10-1-2-10)30-31(8-9-5-12(6-9)34-20(24,25)26)16(14)18(33)29-11-3-4-28-13(7-11)17(27)32/h3-4,7,9-10,12H,1-2,5-6,8H2,(H2,27,32)(H,28,29,33)/t9-,12+. The average molecular weight is 491 g/mol. The summed E-state index contributed by atoms with van der Waals surface area (Å²) < 4.78 is 84.0. The maximum absolute atomic E-state index is 14.0. The van der Waals surface area contributed by atoms with Crippen molar-refractivity contribution in [1.82, 2.24) is 14.8 Å². The van der Waals surface area contributed by atoms with Gasteiger partial charge in [0.25, 0.3) is 11.8 Å². The number of hydrogen-bond acceptors (Lipinski definition) is 5. The van der Waals surface area contributed by atoms with Gasteiger partial charge in [-0.3, -0.25) is 24.0 Å². The minimum absolute atomic E-state index is 0.00932. The number of halogens is 6. The summed E-state index contributed by atoms with van der Waals surface area (Å²) in [6.07, 6.45) is -8.73. The molecule has 0 spiro atoms. The van der Waals surface area contributed by atoms with Crippen molar-refractivity contribution in [2.24, 2.45) is 11.7 Å². The molecule has 0 atom stereocenters. The Hall–Kier alpha value is -3.16. The van der Waals surface area contributed by atoms with Gasteiger partial charge in [0.05, 0.1) is 11.8 Å². The van der Waals surface area contributed by atoms with Crippen molar-refractivity contribution in [2.45, 2.75) is 56.8 Å². The first-order valence-corrected chi connectivity index (χ1v) is 10.3. The minimum Gasteiger partial charge on any atom is -0.364 e. The van der Waals surface area contributed by atoms with E-state index in [1.807, 2.05) is 0 Å². The number of ether oxygens (including phenoxy) is 1. The Kier molecular flexibility index (Phi) is 6.04. The molecule has 8 nitrogen and oxygen atoms in total. The van der Waals surface area contributed by atoms with E-state index in [-0.39, 0.29) is 36.5 Å². The van der Waals surface area contributed by atoms with Gasteiger partial charge in [0.2, 0.25) is 0 Å². The zero-order valence-corrected chi connectivity index (χ0v) is 17.4. The van der Waals surface area contributed by atoms with Gasteiger partial charge < -0.3 is 11.1 Å². The molecule has 2 saturated carbocycles. The largest absolute Gasteiger partial charge is 0.522 e. The van der Waals surface area contributed by atoms with Gasteiger partial charge >= 0.3 is 12.5 Å². The molecule has 2 aromatic heterocycles. The predicted octanol–water partition coefficient (Wildman–Crippen LogP) is 3.84. The van der Waals surface area contributed by atoms with Crippen molar-refractivity contribution in [3.8, 4) is 0 Å². The van der Waals surface area contributed by atoms with E-state index in [1.165, 1.54) is 6.07 Å². The smallest absolute Gasteiger partial charge is 0.364 e. The second-order valence-electron chi connectivity index (χ2n) is 8.33. The second-order valence-corrected chi connectivity index (χ2v) is 8.33. The lowest BCUT2D eigenvalue weighted by molar-refractivity contribution is -0.354. The van der Waals surface area contributed by atoms with Crippen molar-refractivity contribution in [2.75, 3.05) is 5.32 Å². The van der Waals surface area contributed by atoms with E-state index in [2.05, 4.69) is 20.1 Å². The summed E-state index contributed by atoms with van der Waals surface area (Å²) in [5, 5.41) is 6.36. The third-order valence-electron chi connectivity index (χ3n) is 5.64. The lowest BCUT2D eigenvalue weighted by atomic mass is 9.82. The number of carbonyl (C=O) groups is 2. The number of primary amides is 1. The lowest BCUT2D eigenvalue weighted by Crippen LogP contribution is -2.38. The van der Waals surface area contributed by atoms with Crippen molar-refractivity contribution in [3.05, 3.63) is 41.0 Å². The molecule has 2 heterocycles. The highest BCUT2D eigenvalue weighted by atomic mass is 19.4. The fourth-order valence-electron chi connectivity index (χ4n) is 3.95. The fraction of sp³-hybridized carbons (Fsp3) is 0.500. The number of amides is 2. The molecule has 2 aromatic rings. The Morgan fingerprint density at radius 1 is 1.18 bits per heavy atom. The van der Waals surface area contributed by atoms with Gasteiger partial charge in [0.15, 0.2) is 0 Å². The molecule has 0 aromatic carbocycles. The molecule has 2 amide bonds. The second kappa shape index (κ2) is 8.56. The van der Waals surface area contributed by atoms with Crippen LogP contribution in [0.3, 0.4) is 0 Å². The maximum atomic E-state index is 14.0. The number of nitrogens with two attached hydrogens (primary N) is 1. The fourth-order valence-corrected chi connectivity index (χ4v) is 3.95. The molecule has 14 heteroatoms. The highest BCUT2D eigenvalue weighted by Crippen LogP contribution is 2.47. The number of anilines is 1. The predicted molar refractivity (Wildman–Crippen MR) is 104 cm³/mol. The average Bonchev–Trinajstić information content (AvgIpc) is 3.45. The normalized spacial score (nSPS) is 20.6. The highest BCUT2D eigenvalue weighted by Gasteiger charge is 2.47. The lowest BCUT2D eigenvalue weighted by Gasteiger charge is -2.35. The number of nitrogens with zero attached hydrogens (tertiary/aromatic N) is 3. The Bertz CT molecular complexity index is 1100. The molecule has 0 unspecified atom stereocenters. The van der Waals surface area contributed by atoms with Gasteiger partial charge in [-0.2, -0.15) is 18.3 Å². The Morgan fingerprint density at radius 2 is 1.85 bits per heavy atom. The van der Waals surface area contributed by atoms with Crippen molar-refractivity contribution < 1.29 is 40.7 Å². The van der Waals surface area contributed by atoms with E-state index in [0.717, 1.165) is 16.9 Å². The van der Waals surface area contributed by atoms with Crippen LogP contribution in [0.4, 0.5) is 32.0 Å². The maximum Gasteiger partial charge on any atom is 0.522 e. The van der Waals surface area contributed by atoms with E-state index in [9.17, 15) is 35.9 Å². The number of pyridine rings is 1. The summed E-state index contributed by atoms with van der Waals surface area (Å²) in [7, 11) is 0. The molecule has 0 saturated heterocycles. The van der Waals surface area contributed by atoms with Gasteiger partial charge in [-0.15, -0.1) is 13.2 Å². The monoisotopic (exact) mass is 491 g/mol. The SMILES string of the molecule is NC(=O)c1cc(NC(=O)c2c(C(F)(F)F)c(C3CC3)nn2C[C@H]2C[C@@H](OC(F)(F)F)C2)ccn1. The summed E-state index contributed by atoms with van der Waals surface area (Å²) in [6, 6.07) is 2.38. The van der Waals surface area contributed by atoms with E-state index in [1.54, 1.807) is 0 Å². The summed E-state index contributed by atoms with van der Waals surface area (Å²) >= 11 is 0. The quantitative estimate of drug-likeness (QED) is 0.572. The van der Waals surface area contributed by atoms with Crippen LogP contribution in [0.25, 0.3) is 0 Å². The van der Waals surface area contributed by atoms with Crippen LogP contribution in [0.2, 0.25) is 0 Å². The molecule has 2 aliphatic rings. The summed E-state index contributed by atoms with van der Waals surface area (Å²) in [5.41, 5.74) is 2.76. The number of carbonyl (C=O) groups excluding carboxylic acids is 2. The molecule has 4 rings (SSSR count). The number of hydrogen-bond donors (Lipinski definition) is 2. The third-order valence-corrected chi connectivity index (χ3v) is 5.64. The number of rotatable bonds is 7. The number of nitrogens with one attached hydrogen (secondary N) is 1. The van der Waals surface area contributed by atoms with Crippen LogP contribution in [-0.4, -0.2) is 39.0 Å². The molecular weight excluding hydrogens is 472 g/mol. The zero-order chi connectivity index (χ0) is 24.8. The van der Waals surface area contributed by atoms with Crippen LogP contribution in [0, 0.1) is 5.92 Å². The Labute approximate surface area is 188 Å². The molecular formula is C20H19F6N5O3. The van der Waals surface area contributed by atoms with Crippen molar-refractivity contribution in [3.63, 3.8) is 0 Å². The molecule has 34 heavy (non-hydrogen) atoms. The van der Waals surface area contributed by atoms with Gasteiger partial charge in [-0.05, 0) is 43.7 Å². The topological polar surface area (TPSA) is 112 Å². The summed E-state index contributed by atoms with van der Waals surface area (Å²) in [4.78, 5) is 28.0. The molecule has 2 aliphatic carbocycles. The van der Waals surface area contributed by atoms with Crippen LogP contribution < -0.4 is 11.1 Å². The van der Waals surface area contributed by atoms with Crippen LogP contribution in [0.5, 0.6) is 0 Å². The molecule has 0 bridgehead atoms. The Morgan fingerprint density at radius 3 is 2.41 bits per heavy atom. The first-order valence-electron chi connectivity index (χ1n) is 10.3. The number of aromatic nitrogens is 3. The molecule has 0 radical (unpaired) electrons. The van der Waals surface area contributed by atoms with Gasteiger partial charge in [-0.1, -0.05) is 0 Å². The van der Waals surface area contributed by atoms with Crippen LogP contribution in [0.15, 0.2) is 18.3 Å². The molecule has 0 aliphatic heterocycles. The first kappa shape index (κ1) is 24.0.